The average molecular weight is 266 g/mol. The Morgan fingerprint density at radius 2 is 1.95 bits per heavy atom. The fourth-order valence-electron chi connectivity index (χ4n) is 3.08. The summed E-state index contributed by atoms with van der Waals surface area (Å²) in [5.74, 6) is -0.547. The Morgan fingerprint density at radius 3 is 2.42 bits per heavy atom. The fourth-order valence-corrected chi connectivity index (χ4v) is 3.08. The van der Waals surface area contributed by atoms with E-state index in [-0.39, 0.29) is 17.7 Å². The van der Waals surface area contributed by atoms with Crippen LogP contribution in [0.2, 0.25) is 0 Å². The van der Waals surface area contributed by atoms with E-state index < -0.39 is 11.2 Å². The lowest BCUT2D eigenvalue weighted by molar-refractivity contribution is -0.155. The molecule has 1 aliphatic heterocycles. The monoisotopic (exact) mass is 266 g/mol. The van der Waals surface area contributed by atoms with Gasteiger partial charge in [-0.25, -0.2) is 0 Å². The van der Waals surface area contributed by atoms with Crippen molar-refractivity contribution in [3.8, 4) is 0 Å². The molecule has 4 nitrogen and oxygen atoms in total. The number of rotatable bonds is 4. The molecule has 1 saturated heterocycles. The minimum Gasteiger partial charge on any atom is -0.348 e. The molecule has 19 heavy (non-hydrogen) atoms. The van der Waals surface area contributed by atoms with Gasteiger partial charge in [0, 0.05) is 12.8 Å². The van der Waals surface area contributed by atoms with E-state index in [1.807, 2.05) is 13.8 Å². The molecular weight excluding hydrogens is 244 g/mol. The smallest absolute Gasteiger partial charge is 0.163 e. The number of Topliss-reactive ketones (excluding diaryl/α,β-unsaturated/α-hetero) is 2. The summed E-state index contributed by atoms with van der Waals surface area (Å²) in [4.78, 5) is 24.6. The minimum absolute atomic E-state index is 0.0388. The van der Waals surface area contributed by atoms with Crippen molar-refractivity contribution < 1.29 is 19.1 Å². The molecule has 1 aliphatic carbocycles. The summed E-state index contributed by atoms with van der Waals surface area (Å²) in [6, 6.07) is 0. The van der Waals surface area contributed by atoms with E-state index in [1.54, 1.807) is 6.08 Å². The summed E-state index contributed by atoms with van der Waals surface area (Å²) < 4.78 is 11.3. The third-order valence-corrected chi connectivity index (χ3v) is 4.01. The molecule has 0 N–H and O–H groups in total. The topological polar surface area (TPSA) is 52.6 Å². The summed E-state index contributed by atoms with van der Waals surface area (Å²) in [7, 11) is 0. The second kappa shape index (κ2) is 5.17. The van der Waals surface area contributed by atoms with Crippen molar-refractivity contribution in [3.63, 3.8) is 0 Å². The van der Waals surface area contributed by atoms with Crippen LogP contribution in [0.1, 0.15) is 46.0 Å². The van der Waals surface area contributed by atoms with Crippen LogP contribution in [0.25, 0.3) is 0 Å². The molecule has 2 fully saturated rings. The third-order valence-electron chi connectivity index (χ3n) is 4.01. The van der Waals surface area contributed by atoms with Crippen LogP contribution >= 0.6 is 0 Å². The Morgan fingerprint density at radius 1 is 1.32 bits per heavy atom. The van der Waals surface area contributed by atoms with Gasteiger partial charge in [-0.05, 0) is 33.1 Å². The summed E-state index contributed by atoms with van der Waals surface area (Å²) >= 11 is 0. The molecule has 0 bridgehead atoms. The van der Waals surface area contributed by atoms with Gasteiger partial charge >= 0.3 is 0 Å². The Bertz CT molecular complexity index is 381. The van der Waals surface area contributed by atoms with Crippen LogP contribution in [-0.2, 0) is 19.1 Å². The molecule has 0 aromatic carbocycles. The largest absolute Gasteiger partial charge is 0.348 e. The van der Waals surface area contributed by atoms with Crippen molar-refractivity contribution in [3.05, 3.63) is 12.7 Å². The van der Waals surface area contributed by atoms with Gasteiger partial charge in [-0.1, -0.05) is 6.08 Å². The molecule has 1 heterocycles. The summed E-state index contributed by atoms with van der Waals surface area (Å²) in [5, 5.41) is 0. The van der Waals surface area contributed by atoms with E-state index in [9.17, 15) is 9.59 Å². The Balaban J connectivity index is 2.17. The Hall–Kier alpha value is -1.00. The summed E-state index contributed by atoms with van der Waals surface area (Å²) in [6.07, 6.45) is 3.94. The maximum atomic E-state index is 12.3. The fraction of sp³-hybridized carbons (Fsp3) is 0.733. The number of carbonyl (C=O) groups is 2. The molecule has 0 aromatic heterocycles. The van der Waals surface area contributed by atoms with Gasteiger partial charge in [-0.3, -0.25) is 9.59 Å². The maximum absolute atomic E-state index is 12.3. The van der Waals surface area contributed by atoms with Crippen LogP contribution < -0.4 is 0 Å². The van der Waals surface area contributed by atoms with Gasteiger partial charge in [0.05, 0.1) is 18.1 Å². The van der Waals surface area contributed by atoms with E-state index in [1.165, 1.54) is 0 Å². The van der Waals surface area contributed by atoms with Crippen molar-refractivity contribution in [1.29, 1.82) is 0 Å². The number of allylic oxidation sites excluding steroid dienone is 1. The minimum atomic E-state index is -0.922. The Labute approximate surface area is 114 Å². The first-order valence-corrected chi connectivity index (χ1v) is 6.89. The highest BCUT2D eigenvalue weighted by atomic mass is 16.7. The van der Waals surface area contributed by atoms with Gasteiger partial charge < -0.3 is 9.47 Å². The van der Waals surface area contributed by atoms with Crippen molar-refractivity contribution >= 4 is 11.6 Å². The van der Waals surface area contributed by atoms with Crippen LogP contribution in [0.5, 0.6) is 0 Å². The van der Waals surface area contributed by atoms with Crippen LogP contribution in [0.4, 0.5) is 0 Å². The first-order valence-electron chi connectivity index (χ1n) is 6.89. The normalized spacial score (nSPS) is 29.5. The van der Waals surface area contributed by atoms with Crippen molar-refractivity contribution in [1.82, 2.24) is 0 Å². The lowest BCUT2D eigenvalue weighted by Gasteiger charge is -2.35. The maximum Gasteiger partial charge on any atom is 0.163 e. The molecule has 0 radical (unpaired) electrons. The van der Waals surface area contributed by atoms with Crippen LogP contribution in [0.3, 0.4) is 0 Å². The quantitative estimate of drug-likeness (QED) is 0.579. The summed E-state index contributed by atoms with van der Waals surface area (Å²) in [6.45, 7) is 7.82. The van der Waals surface area contributed by atoms with Gasteiger partial charge in [-0.15, -0.1) is 6.58 Å². The predicted octanol–water partition coefficient (Wildman–Crippen LogP) is 2.41. The highest BCUT2D eigenvalue weighted by Gasteiger charge is 2.49. The summed E-state index contributed by atoms with van der Waals surface area (Å²) in [5.41, 5.74) is -0.922. The van der Waals surface area contributed by atoms with Gasteiger partial charge in [0.15, 0.2) is 5.79 Å². The molecule has 0 aromatic rings. The van der Waals surface area contributed by atoms with Crippen LogP contribution in [0.15, 0.2) is 12.7 Å². The standard InChI is InChI=1S/C15H22O4/c1-4-8-15(12(16)6-5-7-13(15)17)9-11-10-18-14(2,3)19-11/h4,11H,1,5-10H2,2-3H3/t11-/m0/s1. The Kier molecular flexibility index (Phi) is 3.92. The second-order valence-electron chi connectivity index (χ2n) is 5.93. The SMILES string of the molecule is C=CCC1(C[C@H]2COC(C)(C)O2)C(=O)CCCC1=O. The molecule has 106 valence electrons. The number of ether oxygens (including phenoxy) is 2. The molecule has 1 saturated carbocycles. The molecular formula is C15H22O4. The zero-order valence-electron chi connectivity index (χ0n) is 11.7. The number of carbonyl (C=O) groups excluding carboxylic acids is 2. The van der Waals surface area contributed by atoms with Crippen LogP contribution in [0, 0.1) is 5.41 Å². The zero-order chi connectivity index (χ0) is 14.1. The lowest BCUT2D eigenvalue weighted by Crippen LogP contribution is -2.45. The first kappa shape index (κ1) is 14.4. The molecule has 1 atom stereocenters. The van der Waals surface area contributed by atoms with Crippen molar-refractivity contribution in [2.24, 2.45) is 5.41 Å². The van der Waals surface area contributed by atoms with E-state index >= 15 is 0 Å². The molecule has 2 rings (SSSR count). The number of ketones is 2. The zero-order valence-corrected chi connectivity index (χ0v) is 11.7. The predicted molar refractivity (Wildman–Crippen MR) is 70.6 cm³/mol. The second-order valence-corrected chi connectivity index (χ2v) is 5.93. The van der Waals surface area contributed by atoms with Gasteiger partial charge in [0.1, 0.15) is 11.6 Å². The van der Waals surface area contributed by atoms with Crippen molar-refractivity contribution in [2.75, 3.05) is 6.61 Å². The average Bonchev–Trinajstić information content (AvgIpc) is 2.66. The highest BCUT2D eigenvalue weighted by Crippen LogP contribution is 2.40. The van der Waals surface area contributed by atoms with E-state index in [0.29, 0.717) is 38.7 Å². The first-order chi connectivity index (χ1) is 8.89. The molecule has 0 unspecified atom stereocenters. The van der Waals surface area contributed by atoms with Gasteiger partial charge in [0.25, 0.3) is 0 Å². The van der Waals surface area contributed by atoms with Gasteiger partial charge in [0.2, 0.25) is 0 Å². The number of hydrogen-bond donors (Lipinski definition) is 0. The van der Waals surface area contributed by atoms with Crippen LogP contribution in [-0.4, -0.2) is 30.1 Å². The lowest BCUT2D eigenvalue weighted by atomic mass is 9.66. The van der Waals surface area contributed by atoms with E-state index in [4.69, 9.17) is 9.47 Å². The van der Waals surface area contributed by atoms with E-state index in [2.05, 4.69) is 6.58 Å². The molecule has 0 amide bonds. The van der Waals surface area contributed by atoms with Gasteiger partial charge in [-0.2, -0.15) is 0 Å². The van der Waals surface area contributed by atoms with E-state index in [0.717, 1.165) is 0 Å². The highest BCUT2D eigenvalue weighted by molar-refractivity contribution is 6.09. The molecule has 0 spiro atoms. The number of hydrogen-bond acceptors (Lipinski definition) is 4. The molecule has 2 aliphatic rings. The third kappa shape index (κ3) is 2.79. The molecule has 4 heteroatoms. The van der Waals surface area contributed by atoms with Crippen molar-refractivity contribution in [2.45, 2.75) is 57.8 Å².